The van der Waals surface area contributed by atoms with E-state index in [1.54, 1.807) is 36.4 Å². The maximum absolute atomic E-state index is 11.0. The van der Waals surface area contributed by atoms with E-state index in [-0.39, 0.29) is 23.6 Å². The Labute approximate surface area is 199 Å². The highest BCUT2D eigenvalue weighted by molar-refractivity contribution is 9.11. The summed E-state index contributed by atoms with van der Waals surface area (Å²) in [5, 5.41) is 31.3. The molecule has 3 aromatic rings. The van der Waals surface area contributed by atoms with E-state index in [0.29, 0.717) is 25.8 Å². The van der Waals surface area contributed by atoms with Crippen LogP contribution in [0.3, 0.4) is 0 Å². The second-order valence-corrected chi connectivity index (χ2v) is 8.21. The number of nitriles is 1. The van der Waals surface area contributed by atoms with Gasteiger partial charge in [0.15, 0.2) is 0 Å². The molecule has 0 N–H and O–H groups in total. The van der Waals surface area contributed by atoms with Gasteiger partial charge in [0.2, 0.25) is 0 Å². The normalized spacial score (nSPS) is 11.0. The van der Waals surface area contributed by atoms with E-state index in [1.807, 2.05) is 0 Å². The molecule has 0 aliphatic heterocycles. The van der Waals surface area contributed by atoms with Gasteiger partial charge in [0.25, 0.3) is 11.4 Å². The van der Waals surface area contributed by atoms with Crippen LogP contribution in [-0.2, 0) is 6.61 Å². The highest BCUT2D eigenvalue weighted by atomic mass is 79.9. The standard InChI is InChI=1S/C22H13Br2N3O5/c23-20-9-15(8-17(12-25)16-2-1-3-19(11-16)27(30)31)10-21(24)22(20)32-13-14-4-6-18(7-5-14)26(28)29/h1-11H,13H2/b17-8-. The molecule has 0 aromatic heterocycles. The first kappa shape index (κ1) is 23.1. The third-order valence-corrected chi connectivity index (χ3v) is 5.53. The molecule has 0 saturated carbocycles. The molecule has 0 aliphatic carbocycles. The summed E-state index contributed by atoms with van der Waals surface area (Å²) in [6, 6.07) is 17.5. The van der Waals surface area contributed by atoms with Crippen LogP contribution in [0.5, 0.6) is 5.75 Å². The fraction of sp³-hybridized carbons (Fsp3) is 0.0455. The molecule has 0 amide bonds. The lowest BCUT2D eigenvalue weighted by atomic mass is 10.0. The van der Waals surface area contributed by atoms with E-state index < -0.39 is 9.85 Å². The fourth-order valence-corrected chi connectivity index (χ4v) is 4.25. The Kier molecular flexibility index (Phi) is 7.35. The Morgan fingerprint density at radius 2 is 1.59 bits per heavy atom. The number of ether oxygens (including phenoxy) is 1. The largest absolute Gasteiger partial charge is 0.487 e. The first-order valence-electron chi connectivity index (χ1n) is 9.00. The fourth-order valence-electron chi connectivity index (χ4n) is 2.80. The van der Waals surface area contributed by atoms with E-state index in [1.165, 1.54) is 30.3 Å². The van der Waals surface area contributed by atoms with E-state index in [4.69, 9.17) is 4.74 Å². The Balaban J connectivity index is 1.83. The number of allylic oxidation sites excluding steroid dienone is 1. The van der Waals surface area contributed by atoms with E-state index in [2.05, 4.69) is 37.9 Å². The summed E-state index contributed by atoms with van der Waals surface area (Å²) in [5.41, 5.74) is 2.05. The van der Waals surface area contributed by atoms with Gasteiger partial charge in [-0.05, 0) is 78.9 Å². The predicted molar refractivity (Wildman–Crippen MR) is 126 cm³/mol. The zero-order valence-electron chi connectivity index (χ0n) is 16.2. The summed E-state index contributed by atoms with van der Waals surface area (Å²) in [5.74, 6) is 0.523. The Morgan fingerprint density at radius 3 is 2.16 bits per heavy atom. The molecule has 0 bridgehead atoms. The highest BCUT2D eigenvalue weighted by Gasteiger charge is 2.12. The lowest BCUT2D eigenvalue weighted by Gasteiger charge is -2.12. The third kappa shape index (κ3) is 5.57. The lowest BCUT2D eigenvalue weighted by molar-refractivity contribution is -0.385. The summed E-state index contributed by atoms with van der Waals surface area (Å²) in [6.07, 6.45) is 1.62. The molecule has 0 spiro atoms. The highest BCUT2D eigenvalue weighted by Crippen LogP contribution is 2.36. The zero-order chi connectivity index (χ0) is 23.3. The predicted octanol–water partition coefficient (Wildman–Crippen LogP) is 6.67. The van der Waals surface area contributed by atoms with Gasteiger partial charge in [0.1, 0.15) is 12.4 Å². The average Bonchev–Trinajstić information content (AvgIpc) is 2.77. The molecule has 0 aliphatic rings. The van der Waals surface area contributed by atoms with Crippen molar-refractivity contribution in [1.82, 2.24) is 0 Å². The molecule has 0 radical (unpaired) electrons. The molecular formula is C22H13Br2N3O5. The van der Waals surface area contributed by atoms with Crippen molar-refractivity contribution in [1.29, 1.82) is 5.26 Å². The second-order valence-electron chi connectivity index (χ2n) is 6.50. The van der Waals surface area contributed by atoms with E-state index in [9.17, 15) is 25.5 Å². The van der Waals surface area contributed by atoms with Gasteiger partial charge in [0, 0.05) is 24.3 Å². The van der Waals surface area contributed by atoms with Gasteiger partial charge in [-0.15, -0.1) is 0 Å². The van der Waals surface area contributed by atoms with Crippen LogP contribution in [0, 0.1) is 31.6 Å². The topological polar surface area (TPSA) is 119 Å². The van der Waals surface area contributed by atoms with Crippen molar-refractivity contribution in [2.24, 2.45) is 0 Å². The zero-order valence-corrected chi connectivity index (χ0v) is 19.4. The maximum atomic E-state index is 11.0. The van der Waals surface area contributed by atoms with Gasteiger partial charge in [0.05, 0.1) is 30.4 Å². The Bertz CT molecular complexity index is 1240. The number of nitro groups is 2. The minimum atomic E-state index is -0.511. The number of benzene rings is 3. The number of hydrogen-bond donors (Lipinski definition) is 0. The van der Waals surface area contributed by atoms with Gasteiger partial charge < -0.3 is 4.74 Å². The molecule has 8 nitrogen and oxygen atoms in total. The summed E-state index contributed by atoms with van der Waals surface area (Å²) in [7, 11) is 0. The quantitative estimate of drug-likeness (QED) is 0.138. The number of non-ortho nitro benzene ring substituents is 2. The first-order chi connectivity index (χ1) is 15.3. The Morgan fingerprint density at radius 1 is 0.969 bits per heavy atom. The van der Waals surface area contributed by atoms with Crippen LogP contribution in [0.4, 0.5) is 11.4 Å². The summed E-state index contributed by atoms with van der Waals surface area (Å²) in [6.45, 7) is 0.196. The molecule has 3 rings (SSSR count). The number of rotatable bonds is 7. The number of nitrogens with zero attached hydrogens (tertiary/aromatic N) is 3. The van der Waals surface area contributed by atoms with E-state index in [0.717, 1.165) is 5.56 Å². The molecule has 160 valence electrons. The van der Waals surface area contributed by atoms with Crippen molar-refractivity contribution in [2.45, 2.75) is 6.61 Å². The number of nitro benzene ring substituents is 2. The van der Waals surface area contributed by atoms with Crippen LogP contribution in [0.1, 0.15) is 16.7 Å². The van der Waals surface area contributed by atoms with Crippen molar-refractivity contribution in [3.63, 3.8) is 0 Å². The van der Waals surface area contributed by atoms with Gasteiger partial charge in [-0.1, -0.05) is 12.1 Å². The molecule has 0 unspecified atom stereocenters. The third-order valence-electron chi connectivity index (χ3n) is 4.35. The molecule has 32 heavy (non-hydrogen) atoms. The maximum Gasteiger partial charge on any atom is 0.270 e. The molecule has 0 atom stereocenters. The van der Waals surface area contributed by atoms with Gasteiger partial charge >= 0.3 is 0 Å². The molecule has 0 fully saturated rings. The molecule has 3 aromatic carbocycles. The summed E-state index contributed by atoms with van der Waals surface area (Å²) >= 11 is 6.91. The van der Waals surface area contributed by atoms with Crippen molar-refractivity contribution in [3.8, 4) is 11.8 Å². The van der Waals surface area contributed by atoms with Crippen LogP contribution in [-0.4, -0.2) is 9.85 Å². The summed E-state index contributed by atoms with van der Waals surface area (Å²) in [4.78, 5) is 20.8. The Hall–Kier alpha value is -3.55. The minimum Gasteiger partial charge on any atom is -0.487 e. The minimum absolute atomic E-state index is 0.00398. The molecule has 0 heterocycles. The van der Waals surface area contributed by atoms with Crippen molar-refractivity contribution in [2.75, 3.05) is 0 Å². The van der Waals surface area contributed by atoms with Gasteiger partial charge in [-0.2, -0.15) is 5.26 Å². The second kappa shape index (κ2) is 10.2. The van der Waals surface area contributed by atoms with Crippen LogP contribution < -0.4 is 4.74 Å². The molecule has 0 saturated heterocycles. The van der Waals surface area contributed by atoms with Crippen LogP contribution in [0.25, 0.3) is 11.6 Å². The lowest BCUT2D eigenvalue weighted by Crippen LogP contribution is -1.98. The molecule has 10 heteroatoms. The van der Waals surface area contributed by atoms with Gasteiger partial charge in [-0.3, -0.25) is 20.2 Å². The van der Waals surface area contributed by atoms with Crippen molar-refractivity contribution in [3.05, 3.63) is 107 Å². The van der Waals surface area contributed by atoms with E-state index >= 15 is 0 Å². The first-order valence-corrected chi connectivity index (χ1v) is 10.6. The smallest absolute Gasteiger partial charge is 0.270 e. The van der Waals surface area contributed by atoms with Crippen molar-refractivity contribution < 1.29 is 14.6 Å². The van der Waals surface area contributed by atoms with Crippen LogP contribution >= 0.6 is 31.9 Å². The average molecular weight is 559 g/mol. The van der Waals surface area contributed by atoms with Gasteiger partial charge in [-0.25, -0.2) is 0 Å². The van der Waals surface area contributed by atoms with Crippen LogP contribution in [0.2, 0.25) is 0 Å². The number of halogens is 2. The van der Waals surface area contributed by atoms with Crippen molar-refractivity contribution >= 4 is 54.9 Å². The van der Waals surface area contributed by atoms with Crippen LogP contribution in [0.15, 0.2) is 69.6 Å². The monoisotopic (exact) mass is 557 g/mol. The summed E-state index contributed by atoms with van der Waals surface area (Å²) < 4.78 is 7.09. The molecular weight excluding hydrogens is 546 g/mol. The number of hydrogen-bond acceptors (Lipinski definition) is 6. The SMILES string of the molecule is N#C/C(=C/c1cc(Br)c(OCc2ccc([N+](=O)[O-])cc2)c(Br)c1)c1cccc([N+](=O)[O-])c1.